The summed E-state index contributed by atoms with van der Waals surface area (Å²) >= 11 is 0. The highest BCUT2D eigenvalue weighted by Crippen LogP contribution is 2.04. The lowest BCUT2D eigenvalue weighted by atomic mass is 10.2. The molecular weight excluding hydrogens is 374 g/mol. The molecule has 0 aliphatic carbocycles. The summed E-state index contributed by atoms with van der Waals surface area (Å²) in [7, 11) is -7.30. The predicted molar refractivity (Wildman–Crippen MR) is 89.8 cm³/mol. The fourth-order valence-corrected chi connectivity index (χ4v) is 2.46. The molecule has 0 saturated carbocycles. The van der Waals surface area contributed by atoms with E-state index < -0.39 is 26.3 Å². The number of nitrogens with zero attached hydrogens (tertiary/aromatic N) is 1. The molecule has 9 nitrogen and oxygen atoms in total. The van der Waals surface area contributed by atoms with Gasteiger partial charge in [0.15, 0.2) is 0 Å². The number of carbonyl (C=O) groups is 1. The molecule has 0 unspecified atom stereocenters. The van der Waals surface area contributed by atoms with Crippen LogP contribution in [0.4, 0.5) is 4.79 Å². The second-order valence-corrected chi connectivity index (χ2v) is 8.37. The zero-order valence-corrected chi connectivity index (χ0v) is 15.6. The van der Waals surface area contributed by atoms with E-state index >= 15 is 0 Å². The summed E-state index contributed by atoms with van der Waals surface area (Å²) in [6.45, 7) is -0.742. The highest BCUT2D eigenvalue weighted by atomic mass is 32.2. The Morgan fingerprint density at radius 3 is 1.84 bits per heavy atom. The van der Waals surface area contributed by atoms with Gasteiger partial charge in [-0.15, -0.1) is 0 Å². The zero-order valence-electron chi connectivity index (χ0n) is 14.0. The molecule has 1 rings (SSSR count). The normalized spacial score (nSPS) is 11.9. The standard InChI is InChI=1S/C14H21NO8S2/c1-24(17,18)22-10-8-15(9-11-23-25(2,19)20)14(16)21-12-13-6-4-3-5-7-13/h3-7H,8-12H2,1-2H3. The second-order valence-electron chi connectivity index (χ2n) is 5.08. The summed E-state index contributed by atoms with van der Waals surface area (Å²) in [4.78, 5) is 13.2. The highest BCUT2D eigenvalue weighted by molar-refractivity contribution is 7.86. The van der Waals surface area contributed by atoms with E-state index in [1.54, 1.807) is 24.3 Å². The molecule has 0 bridgehead atoms. The first kappa shape index (κ1) is 21.4. The van der Waals surface area contributed by atoms with Gasteiger partial charge in [-0.05, 0) is 5.56 Å². The summed E-state index contributed by atoms with van der Waals surface area (Å²) in [5, 5.41) is 0. The van der Waals surface area contributed by atoms with Crippen LogP contribution in [0.2, 0.25) is 0 Å². The SMILES string of the molecule is CS(=O)(=O)OCCN(CCOS(C)(=O)=O)C(=O)OCc1ccccc1. The molecule has 0 fully saturated rings. The van der Waals surface area contributed by atoms with Gasteiger partial charge in [0.05, 0.1) is 25.7 Å². The lowest BCUT2D eigenvalue weighted by Crippen LogP contribution is -2.37. The van der Waals surface area contributed by atoms with Crippen LogP contribution in [0.3, 0.4) is 0 Å². The third-order valence-electron chi connectivity index (χ3n) is 2.78. The first-order valence-corrected chi connectivity index (χ1v) is 10.8. The van der Waals surface area contributed by atoms with Crippen molar-refractivity contribution in [3.05, 3.63) is 35.9 Å². The lowest BCUT2D eigenvalue weighted by molar-refractivity contribution is 0.0852. The van der Waals surface area contributed by atoms with Crippen molar-refractivity contribution in [2.45, 2.75) is 6.61 Å². The number of hydrogen-bond acceptors (Lipinski definition) is 8. The molecule has 142 valence electrons. The average molecular weight is 395 g/mol. The zero-order chi connectivity index (χ0) is 18.9. The molecule has 0 saturated heterocycles. The molecule has 0 aliphatic heterocycles. The van der Waals surface area contributed by atoms with Gasteiger partial charge in [0, 0.05) is 13.1 Å². The molecule has 0 radical (unpaired) electrons. The van der Waals surface area contributed by atoms with Crippen LogP contribution in [0, 0.1) is 0 Å². The van der Waals surface area contributed by atoms with Crippen molar-refractivity contribution in [3.63, 3.8) is 0 Å². The Kier molecular flexibility index (Phi) is 8.29. The summed E-state index contributed by atoms with van der Waals surface area (Å²) in [5.41, 5.74) is 0.774. The molecule has 1 aromatic rings. The molecule has 25 heavy (non-hydrogen) atoms. The van der Waals surface area contributed by atoms with E-state index in [9.17, 15) is 21.6 Å². The first-order valence-electron chi connectivity index (χ1n) is 7.21. The van der Waals surface area contributed by atoms with Crippen LogP contribution in [0.5, 0.6) is 0 Å². The van der Waals surface area contributed by atoms with Gasteiger partial charge in [-0.3, -0.25) is 8.37 Å². The van der Waals surface area contributed by atoms with Crippen molar-refractivity contribution in [2.75, 3.05) is 38.8 Å². The van der Waals surface area contributed by atoms with Gasteiger partial charge in [-0.2, -0.15) is 16.8 Å². The van der Waals surface area contributed by atoms with Gasteiger partial charge in [0.25, 0.3) is 20.2 Å². The summed E-state index contributed by atoms with van der Waals surface area (Å²) in [6, 6.07) is 8.96. The molecule has 0 aliphatic rings. The average Bonchev–Trinajstić information content (AvgIpc) is 2.50. The number of rotatable bonds is 10. The maximum atomic E-state index is 12.1. The van der Waals surface area contributed by atoms with Crippen LogP contribution >= 0.6 is 0 Å². The van der Waals surface area contributed by atoms with Gasteiger partial charge in [0.1, 0.15) is 6.61 Å². The Morgan fingerprint density at radius 2 is 1.40 bits per heavy atom. The highest BCUT2D eigenvalue weighted by Gasteiger charge is 2.17. The molecule has 11 heteroatoms. The van der Waals surface area contributed by atoms with Crippen molar-refractivity contribution in [3.8, 4) is 0 Å². The number of amides is 1. The van der Waals surface area contributed by atoms with Crippen molar-refractivity contribution < 1.29 is 34.7 Å². The molecule has 0 N–H and O–H groups in total. The largest absolute Gasteiger partial charge is 0.445 e. The van der Waals surface area contributed by atoms with E-state index in [0.29, 0.717) is 0 Å². The van der Waals surface area contributed by atoms with Crippen molar-refractivity contribution >= 4 is 26.3 Å². The Morgan fingerprint density at radius 1 is 0.920 bits per heavy atom. The Labute approximate surface area is 147 Å². The first-order chi connectivity index (χ1) is 11.6. The van der Waals surface area contributed by atoms with Gasteiger partial charge < -0.3 is 9.64 Å². The monoisotopic (exact) mass is 395 g/mol. The maximum absolute atomic E-state index is 12.1. The lowest BCUT2D eigenvalue weighted by Gasteiger charge is -2.21. The number of hydrogen-bond donors (Lipinski definition) is 0. The Bertz CT molecular complexity index is 708. The van der Waals surface area contributed by atoms with Gasteiger partial charge in [0.2, 0.25) is 0 Å². The fourth-order valence-electron chi connectivity index (χ4n) is 1.70. The smallest absolute Gasteiger partial charge is 0.410 e. The third-order valence-corrected chi connectivity index (χ3v) is 3.97. The number of ether oxygens (including phenoxy) is 1. The van der Waals surface area contributed by atoms with E-state index in [1.165, 1.54) is 0 Å². The van der Waals surface area contributed by atoms with Crippen molar-refractivity contribution in [1.29, 1.82) is 0 Å². The van der Waals surface area contributed by atoms with Crippen molar-refractivity contribution in [1.82, 2.24) is 4.90 Å². The molecule has 1 aromatic carbocycles. The van der Waals surface area contributed by atoms with Gasteiger partial charge in [-0.25, -0.2) is 4.79 Å². The Hall–Kier alpha value is -1.69. The van der Waals surface area contributed by atoms with Gasteiger partial charge in [-0.1, -0.05) is 30.3 Å². The van der Waals surface area contributed by atoms with Crippen molar-refractivity contribution in [2.24, 2.45) is 0 Å². The molecule has 0 aromatic heterocycles. The predicted octanol–water partition coefficient (Wildman–Crippen LogP) is 0.578. The number of carbonyl (C=O) groups excluding carboxylic acids is 1. The summed E-state index contributed by atoms with van der Waals surface area (Å²) in [5.74, 6) is 0. The van der Waals surface area contributed by atoms with E-state index in [1.807, 2.05) is 6.07 Å². The van der Waals surface area contributed by atoms with E-state index in [-0.39, 0.29) is 32.9 Å². The number of benzene rings is 1. The minimum Gasteiger partial charge on any atom is -0.445 e. The fraction of sp³-hybridized carbons (Fsp3) is 0.500. The topological polar surface area (TPSA) is 116 Å². The van der Waals surface area contributed by atoms with E-state index in [0.717, 1.165) is 23.0 Å². The van der Waals surface area contributed by atoms with Crippen LogP contribution in [0.1, 0.15) is 5.56 Å². The Balaban J connectivity index is 2.58. The molecule has 1 amide bonds. The maximum Gasteiger partial charge on any atom is 0.410 e. The second kappa shape index (κ2) is 9.70. The summed E-state index contributed by atoms with van der Waals surface area (Å²) in [6.07, 6.45) is 1.04. The van der Waals surface area contributed by atoms with Crippen LogP contribution in [-0.2, 0) is 39.9 Å². The molecule has 0 spiro atoms. The molecular formula is C14H21NO8S2. The summed E-state index contributed by atoms with van der Waals surface area (Å²) < 4.78 is 58.2. The minimum absolute atomic E-state index is 0.0238. The van der Waals surface area contributed by atoms with Crippen LogP contribution in [0.25, 0.3) is 0 Å². The van der Waals surface area contributed by atoms with Crippen LogP contribution in [0.15, 0.2) is 30.3 Å². The quantitative estimate of drug-likeness (QED) is 0.528. The van der Waals surface area contributed by atoms with Crippen LogP contribution in [-0.4, -0.2) is 66.6 Å². The molecule has 0 atom stereocenters. The third kappa shape index (κ3) is 10.7. The van der Waals surface area contributed by atoms with E-state index in [2.05, 4.69) is 8.37 Å². The minimum atomic E-state index is -3.65. The van der Waals surface area contributed by atoms with E-state index in [4.69, 9.17) is 4.74 Å². The van der Waals surface area contributed by atoms with Crippen LogP contribution < -0.4 is 0 Å². The molecule has 0 heterocycles. The van der Waals surface area contributed by atoms with Gasteiger partial charge >= 0.3 is 6.09 Å².